The summed E-state index contributed by atoms with van der Waals surface area (Å²) >= 11 is 1.50. The standard InChI is InChI=1S/C35H35FN2O3S/c1-23(2)18-31(39)28-22-38(20-26-12-8-9-13-30(26)36)35-32(33(28)40)29(21-37(3)19-24-10-6-5-7-11-24)34(42-35)25-14-16-27(41-4)17-15-25/h5-17,22-23H,18-21H2,1-4H3. The van der Waals surface area contributed by atoms with Crippen molar-refractivity contribution < 1.29 is 13.9 Å². The van der Waals surface area contributed by atoms with Gasteiger partial charge in [-0.05, 0) is 60.0 Å². The van der Waals surface area contributed by atoms with Gasteiger partial charge in [-0.25, -0.2) is 4.39 Å². The van der Waals surface area contributed by atoms with Gasteiger partial charge in [0.25, 0.3) is 0 Å². The van der Waals surface area contributed by atoms with Gasteiger partial charge in [0.15, 0.2) is 5.78 Å². The normalized spacial score (nSPS) is 11.5. The van der Waals surface area contributed by atoms with E-state index in [1.54, 1.807) is 31.5 Å². The van der Waals surface area contributed by atoms with E-state index >= 15 is 0 Å². The summed E-state index contributed by atoms with van der Waals surface area (Å²) in [6, 6.07) is 24.6. The number of carbonyl (C=O) groups is 1. The van der Waals surface area contributed by atoms with Gasteiger partial charge in [0.2, 0.25) is 5.43 Å². The van der Waals surface area contributed by atoms with Crippen LogP contribution in [-0.2, 0) is 19.6 Å². The van der Waals surface area contributed by atoms with Gasteiger partial charge in [-0.3, -0.25) is 14.5 Å². The van der Waals surface area contributed by atoms with Gasteiger partial charge in [0.1, 0.15) is 16.4 Å². The average Bonchev–Trinajstić information content (AvgIpc) is 3.35. The molecule has 5 rings (SSSR count). The Bertz CT molecular complexity index is 1760. The topological polar surface area (TPSA) is 51.5 Å². The molecule has 0 aliphatic rings. The highest BCUT2D eigenvalue weighted by Gasteiger charge is 2.25. The molecular formula is C35H35FN2O3S. The molecule has 0 saturated carbocycles. The summed E-state index contributed by atoms with van der Waals surface area (Å²) in [7, 11) is 3.66. The Kier molecular flexibility index (Phi) is 9.00. The maximum atomic E-state index is 14.8. The number of methoxy groups -OCH3 is 1. The summed E-state index contributed by atoms with van der Waals surface area (Å²) in [5.41, 5.74) is 3.36. The smallest absolute Gasteiger partial charge is 0.201 e. The molecule has 42 heavy (non-hydrogen) atoms. The lowest BCUT2D eigenvalue weighted by atomic mass is 9.99. The van der Waals surface area contributed by atoms with Gasteiger partial charge in [0.05, 0.1) is 24.6 Å². The van der Waals surface area contributed by atoms with Gasteiger partial charge in [-0.1, -0.05) is 62.4 Å². The fraction of sp³-hybridized carbons (Fsp3) is 0.257. The van der Waals surface area contributed by atoms with Gasteiger partial charge in [-0.15, -0.1) is 11.3 Å². The summed E-state index contributed by atoms with van der Waals surface area (Å²) in [5.74, 6) is 0.318. The highest BCUT2D eigenvalue weighted by molar-refractivity contribution is 7.22. The Morgan fingerprint density at radius 1 is 0.976 bits per heavy atom. The number of rotatable bonds is 11. The van der Waals surface area contributed by atoms with E-state index in [0.717, 1.165) is 32.1 Å². The lowest BCUT2D eigenvalue weighted by molar-refractivity contribution is 0.0966. The van der Waals surface area contributed by atoms with E-state index in [0.29, 0.717) is 24.0 Å². The average molecular weight is 583 g/mol. The molecule has 2 aromatic heterocycles. The molecule has 0 unspecified atom stereocenters. The Morgan fingerprint density at radius 2 is 1.67 bits per heavy atom. The summed E-state index contributed by atoms with van der Waals surface area (Å²) in [5, 5.41) is 0.525. The first kappa shape index (κ1) is 29.4. The van der Waals surface area contributed by atoms with E-state index in [1.165, 1.54) is 17.4 Å². The molecule has 0 saturated heterocycles. The van der Waals surface area contributed by atoms with Crippen LogP contribution in [0.5, 0.6) is 5.75 Å². The van der Waals surface area contributed by atoms with E-state index < -0.39 is 0 Å². The Labute approximate surface area is 249 Å². The SMILES string of the molecule is COc1ccc(-c2sc3c(c2CN(C)Cc2ccccc2)c(=O)c(C(=O)CC(C)C)cn3Cc2ccccc2F)cc1. The number of Topliss-reactive ketones (excluding diaryl/α,β-unsaturated/α-hetero) is 1. The molecular weight excluding hydrogens is 547 g/mol. The van der Waals surface area contributed by atoms with Crippen molar-refractivity contribution in [3.63, 3.8) is 0 Å². The number of hydrogen-bond donors (Lipinski definition) is 0. The van der Waals surface area contributed by atoms with Crippen LogP contribution < -0.4 is 10.2 Å². The predicted octanol–water partition coefficient (Wildman–Crippen LogP) is 7.79. The third-order valence-electron chi connectivity index (χ3n) is 7.27. The van der Waals surface area contributed by atoms with Crippen molar-refractivity contribution >= 4 is 27.3 Å². The quantitative estimate of drug-likeness (QED) is 0.149. The first-order valence-electron chi connectivity index (χ1n) is 14.1. The number of thiophene rings is 1. The zero-order valence-corrected chi connectivity index (χ0v) is 25.2. The second kappa shape index (κ2) is 12.8. The minimum atomic E-state index is -0.325. The van der Waals surface area contributed by atoms with Crippen LogP contribution in [0, 0.1) is 11.7 Å². The largest absolute Gasteiger partial charge is 0.497 e. The zero-order chi connectivity index (χ0) is 29.8. The Morgan fingerprint density at radius 3 is 2.33 bits per heavy atom. The highest BCUT2D eigenvalue weighted by atomic mass is 32.1. The molecule has 0 spiro atoms. The zero-order valence-electron chi connectivity index (χ0n) is 24.4. The van der Waals surface area contributed by atoms with Crippen molar-refractivity contribution in [1.82, 2.24) is 9.47 Å². The van der Waals surface area contributed by atoms with Crippen molar-refractivity contribution in [1.29, 1.82) is 0 Å². The molecule has 0 bridgehead atoms. The molecule has 5 aromatic rings. The number of pyridine rings is 1. The van der Waals surface area contributed by atoms with Crippen molar-refractivity contribution in [2.24, 2.45) is 5.92 Å². The van der Waals surface area contributed by atoms with Crippen molar-refractivity contribution in [3.8, 4) is 16.2 Å². The van der Waals surface area contributed by atoms with Crippen molar-refractivity contribution in [3.05, 3.63) is 123 Å². The molecule has 5 nitrogen and oxygen atoms in total. The maximum absolute atomic E-state index is 14.8. The van der Waals surface area contributed by atoms with Crippen LogP contribution in [0.2, 0.25) is 0 Å². The number of carbonyl (C=O) groups excluding carboxylic acids is 1. The minimum absolute atomic E-state index is 0.0985. The van der Waals surface area contributed by atoms with Crippen LogP contribution in [0.25, 0.3) is 20.7 Å². The van der Waals surface area contributed by atoms with Crippen LogP contribution in [0.15, 0.2) is 89.9 Å². The molecule has 216 valence electrons. The monoisotopic (exact) mass is 582 g/mol. The number of ketones is 1. The van der Waals surface area contributed by atoms with Crippen LogP contribution in [0.4, 0.5) is 4.39 Å². The second-order valence-electron chi connectivity index (χ2n) is 11.1. The number of hydrogen-bond acceptors (Lipinski definition) is 5. The third kappa shape index (κ3) is 6.37. The van der Waals surface area contributed by atoms with Crippen LogP contribution in [-0.4, -0.2) is 29.4 Å². The van der Waals surface area contributed by atoms with E-state index in [9.17, 15) is 14.0 Å². The highest BCUT2D eigenvalue weighted by Crippen LogP contribution is 2.39. The molecule has 0 atom stereocenters. The molecule has 0 aliphatic heterocycles. The van der Waals surface area contributed by atoms with Crippen LogP contribution in [0.1, 0.15) is 47.3 Å². The Hall–Kier alpha value is -4.07. The second-order valence-corrected chi connectivity index (χ2v) is 12.1. The van der Waals surface area contributed by atoms with Crippen molar-refractivity contribution in [2.75, 3.05) is 14.2 Å². The lowest BCUT2D eigenvalue weighted by Gasteiger charge is -2.18. The molecule has 0 N–H and O–H groups in total. The number of ether oxygens (including phenoxy) is 1. The van der Waals surface area contributed by atoms with E-state index in [-0.39, 0.29) is 41.5 Å². The van der Waals surface area contributed by atoms with Gasteiger partial charge < -0.3 is 9.30 Å². The molecule has 3 aromatic carbocycles. The maximum Gasteiger partial charge on any atom is 0.201 e. The van der Waals surface area contributed by atoms with E-state index in [1.807, 2.05) is 67.9 Å². The molecule has 0 amide bonds. The molecule has 0 fully saturated rings. The fourth-order valence-corrected chi connectivity index (χ4v) is 6.54. The molecule has 7 heteroatoms. The number of nitrogens with zero attached hydrogens (tertiary/aromatic N) is 2. The first-order chi connectivity index (χ1) is 20.2. The predicted molar refractivity (Wildman–Crippen MR) is 169 cm³/mol. The summed E-state index contributed by atoms with van der Waals surface area (Å²) < 4.78 is 22.1. The molecule has 0 radical (unpaired) electrons. The van der Waals surface area contributed by atoms with Gasteiger partial charge in [-0.2, -0.15) is 0 Å². The number of halogens is 1. The molecule has 2 heterocycles. The third-order valence-corrected chi connectivity index (χ3v) is 8.59. The number of benzene rings is 3. The van der Waals surface area contributed by atoms with E-state index in [4.69, 9.17) is 4.74 Å². The summed E-state index contributed by atoms with van der Waals surface area (Å²) in [6.07, 6.45) is 1.90. The Balaban J connectivity index is 1.73. The summed E-state index contributed by atoms with van der Waals surface area (Å²) in [4.78, 5) is 31.4. The number of fused-ring (bicyclic) bond motifs is 1. The summed E-state index contributed by atoms with van der Waals surface area (Å²) in [6.45, 7) is 5.31. The van der Waals surface area contributed by atoms with Crippen LogP contribution >= 0.6 is 11.3 Å². The first-order valence-corrected chi connectivity index (χ1v) is 14.9. The van der Waals surface area contributed by atoms with Gasteiger partial charge >= 0.3 is 0 Å². The van der Waals surface area contributed by atoms with E-state index in [2.05, 4.69) is 17.0 Å². The minimum Gasteiger partial charge on any atom is -0.497 e. The van der Waals surface area contributed by atoms with Crippen molar-refractivity contribution in [2.45, 2.75) is 39.9 Å². The lowest BCUT2D eigenvalue weighted by Crippen LogP contribution is -2.22. The number of aromatic nitrogens is 1. The van der Waals surface area contributed by atoms with Gasteiger partial charge in [0, 0.05) is 36.1 Å². The fourth-order valence-electron chi connectivity index (χ4n) is 5.25. The molecule has 0 aliphatic carbocycles. The van der Waals surface area contributed by atoms with Crippen LogP contribution in [0.3, 0.4) is 0 Å².